The summed E-state index contributed by atoms with van der Waals surface area (Å²) >= 11 is 0. The van der Waals surface area contributed by atoms with Gasteiger partial charge in [0.05, 0.1) is 17.5 Å². The van der Waals surface area contributed by atoms with E-state index in [9.17, 15) is 23.1 Å². The van der Waals surface area contributed by atoms with E-state index in [0.717, 1.165) is 17.5 Å². The number of hydrogen-bond donors (Lipinski definition) is 1. The summed E-state index contributed by atoms with van der Waals surface area (Å²) in [5.41, 5.74) is 0.903. The molecule has 32 heavy (non-hydrogen) atoms. The number of anilines is 1. The number of hydrogen-bond acceptors (Lipinski definition) is 4. The van der Waals surface area contributed by atoms with Gasteiger partial charge in [0.1, 0.15) is 5.54 Å². The molecule has 2 aliphatic carbocycles. The predicted molar refractivity (Wildman–Crippen MR) is 123 cm³/mol. The van der Waals surface area contributed by atoms with E-state index in [2.05, 4.69) is 0 Å². The molecule has 4 rings (SSSR count). The zero-order valence-corrected chi connectivity index (χ0v) is 19.5. The monoisotopic (exact) mass is 455 g/mol. The van der Waals surface area contributed by atoms with Crippen LogP contribution in [0.25, 0.3) is 0 Å². The van der Waals surface area contributed by atoms with Crippen LogP contribution in [0.15, 0.2) is 48.5 Å². The molecule has 7 heteroatoms. The van der Waals surface area contributed by atoms with Gasteiger partial charge in [-0.15, -0.1) is 0 Å². The Kier molecular flexibility index (Phi) is 5.44. The number of carbonyl (C=O) groups excluding carboxylic acids is 1. The predicted octanol–water partition coefficient (Wildman–Crippen LogP) is 4.08. The Labute approximate surface area is 189 Å². The Balaban J connectivity index is 1.70. The first kappa shape index (κ1) is 22.5. The molecule has 2 saturated carbocycles. The minimum absolute atomic E-state index is 0.00460. The van der Waals surface area contributed by atoms with Crippen molar-refractivity contribution in [1.29, 1.82) is 0 Å². The van der Waals surface area contributed by atoms with Gasteiger partial charge in [0.2, 0.25) is 10.0 Å². The molecular weight excluding hydrogens is 426 g/mol. The van der Waals surface area contributed by atoms with Gasteiger partial charge in [-0.1, -0.05) is 44.2 Å². The molecule has 2 atom stereocenters. The third-order valence-corrected chi connectivity index (χ3v) is 8.77. The van der Waals surface area contributed by atoms with E-state index < -0.39 is 26.9 Å². The second-order valence-corrected chi connectivity index (χ2v) is 11.4. The molecule has 170 valence electrons. The first-order chi connectivity index (χ1) is 15.0. The van der Waals surface area contributed by atoms with Gasteiger partial charge in [-0.25, -0.2) is 13.2 Å². The fraction of sp³-hybridized carbons (Fsp3) is 0.440. The van der Waals surface area contributed by atoms with E-state index in [4.69, 9.17) is 0 Å². The van der Waals surface area contributed by atoms with E-state index >= 15 is 0 Å². The van der Waals surface area contributed by atoms with Crippen molar-refractivity contribution in [2.45, 2.75) is 51.5 Å². The molecule has 2 unspecified atom stereocenters. The van der Waals surface area contributed by atoms with Crippen LogP contribution in [0.2, 0.25) is 0 Å². The van der Waals surface area contributed by atoms with Gasteiger partial charge in [-0.3, -0.25) is 9.10 Å². The first-order valence-electron chi connectivity index (χ1n) is 10.9. The van der Waals surface area contributed by atoms with Crippen LogP contribution >= 0.6 is 0 Å². The van der Waals surface area contributed by atoms with Gasteiger partial charge in [-0.2, -0.15) is 0 Å². The summed E-state index contributed by atoms with van der Waals surface area (Å²) in [5.74, 6) is -0.769. The van der Waals surface area contributed by atoms with Gasteiger partial charge in [0.25, 0.3) is 0 Å². The number of carboxylic acids is 1. The summed E-state index contributed by atoms with van der Waals surface area (Å²) in [6.45, 7) is 4.03. The lowest BCUT2D eigenvalue weighted by atomic mass is 9.75. The van der Waals surface area contributed by atoms with Crippen molar-refractivity contribution < 1.29 is 23.1 Å². The molecule has 0 spiro atoms. The van der Waals surface area contributed by atoms with Crippen LogP contribution in [0.5, 0.6) is 0 Å². The Hall–Kier alpha value is -2.67. The van der Waals surface area contributed by atoms with Crippen molar-refractivity contribution in [3.8, 4) is 0 Å². The molecule has 2 fully saturated rings. The number of carbonyl (C=O) groups is 2. The first-order valence-corrected chi connectivity index (χ1v) is 12.8. The normalized spacial score (nSPS) is 24.0. The highest BCUT2D eigenvalue weighted by molar-refractivity contribution is 7.92. The van der Waals surface area contributed by atoms with Gasteiger partial charge >= 0.3 is 5.97 Å². The number of sulfonamides is 1. The van der Waals surface area contributed by atoms with Crippen LogP contribution in [-0.4, -0.2) is 37.1 Å². The number of carboxylic acid groups (broad SMARTS) is 1. The number of rotatable bonds is 7. The van der Waals surface area contributed by atoms with Crippen molar-refractivity contribution in [3.05, 3.63) is 65.2 Å². The quantitative estimate of drug-likeness (QED) is 0.679. The lowest BCUT2D eigenvalue weighted by molar-refractivity contribution is -0.123. The van der Waals surface area contributed by atoms with Crippen LogP contribution in [0, 0.1) is 11.3 Å². The fourth-order valence-corrected chi connectivity index (χ4v) is 7.38. The summed E-state index contributed by atoms with van der Waals surface area (Å²) in [4.78, 5) is 24.7. The summed E-state index contributed by atoms with van der Waals surface area (Å²) in [7, 11) is -3.72. The summed E-state index contributed by atoms with van der Waals surface area (Å²) < 4.78 is 27.5. The van der Waals surface area contributed by atoms with Crippen molar-refractivity contribution in [3.63, 3.8) is 0 Å². The highest BCUT2D eigenvalue weighted by Crippen LogP contribution is 2.62. The molecule has 0 heterocycles. The smallest absolute Gasteiger partial charge is 0.335 e. The highest BCUT2D eigenvalue weighted by Gasteiger charge is 2.68. The average molecular weight is 456 g/mol. The van der Waals surface area contributed by atoms with Gasteiger partial charge in [0.15, 0.2) is 5.78 Å². The van der Waals surface area contributed by atoms with Crippen molar-refractivity contribution in [2.75, 3.05) is 10.6 Å². The Morgan fingerprint density at radius 2 is 1.84 bits per heavy atom. The SMILES string of the molecule is CC1(C)C2CCC1(N(c1cccc(CCc3ccccc3C(=O)O)c1)S(C)(=O)=O)C(=O)C2. The van der Waals surface area contributed by atoms with Crippen LogP contribution in [0.3, 0.4) is 0 Å². The van der Waals surface area contributed by atoms with E-state index in [0.29, 0.717) is 31.4 Å². The Morgan fingerprint density at radius 3 is 2.44 bits per heavy atom. The molecule has 2 aromatic carbocycles. The minimum atomic E-state index is -3.72. The van der Waals surface area contributed by atoms with E-state index in [-0.39, 0.29) is 17.3 Å². The second-order valence-electron chi connectivity index (χ2n) is 9.60. The molecule has 6 nitrogen and oxygen atoms in total. The highest BCUT2D eigenvalue weighted by atomic mass is 32.2. The van der Waals surface area contributed by atoms with Crippen molar-refractivity contribution in [2.24, 2.45) is 11.3 Å². The van der Waals surface area contributed by atoms with E-state index in [1.165, 1.54) is 10.6 Å². The minimum Gasteiger partial charge on any atom is -0.478 e. The number of aromatic carboxylic acids is 1. The summed E-state index contributed by atoms with van der Waals surface area (Å²) in [5, 5.41) is 9.42. The topological polar surface area (TPSA) is 91.8 Å². The third-order valence-electron chi connectivity index (χ3n) is 7.59. The molecule has 2 aliphatic rings. The number of Topliss-reactive ketones (excluding diaryl/α,β-unsaturated/α-hetero) is 1. The molecule has 1 N–H and O–H groups in total. The number of aryl methyl sites for hydroxylation is 2. The second kappa shape index (κ2) is 7.73. The number of fused-ring (bicyclic) bond motifs is 2. The number of ketones is 1. The summed E-state index contributed by atoms with van der Waals surface area (Å²) in [6.07, 6.45) is 4.05. The van der Waals surface area contributed by atoms with Crippen molar-refractivity contribution >= 4 is 27.5 Å². The zero-order chi connectivity index (χ0) is 23.3. The summed E-state index contributed by atoms with van der Waals surface area (Å²) in [6, 6.07) is 14.2. The molecule has 0 amide bonds. The number of benzene rings is 2. The van der Waals surface area contributed by atoms with Crippen molar-refractivity contribution in [1.82, 2.24) is 0 Å². The lowest BCUT2D eigenvalue weighted by Crippen LogP contribution is -2.60. The average Bonchev–Trinajstić information content (AvgIpc) is 3.07. The maximum atomic E-state index is 13.2. The van der Waals surface area contributed by atoms with Crippen LogP contribution in [0.4, 0.5) is 5.69 Å². The van der Waals surface area contributed by atoms with E-state index in [1.807, 2.05) is 32.0 Å². The number of nitrogens with zero attached hydrogens (tertiary/aromatic N) is 1. The maximum Gasteiger partial charge on any atom is 0.335 e. The molecule has 0 aromatic heterocycles. The largest absolute Gasteiger partial charge is 0.478 e. The van der Waals surface area contributed by atoms with Crippen LogP contribution < -0.4 is 4.31 Å². The molecular formula is C25H29NO5S. The molecule has 2 aromatic rings. The lowest BCUT2D eigenvalue weighted by Gasteiger charge is -2.45. The maximum absolute atomic E-state index is 13.2. The van der Waals surface area contributed by atoms with E-state index in [1.54, 1.807) is 30.3 Å². The molecule has 2 bridgehead atoms. The Morgan fingerprint density at radius 1 is 1.12 bits per heavy atom. The standard InChI is InChI=1S/C25H29NO5S/c1-24(2)19-13-14-25(24,22(27)16-19)26(32(3,30)31)20-9-6-7-17(15-20)11-12-18-8-4-5-10-21(18)23(28)29/h4-10,15,19H,11-14,16H2,1-3H3,(H,28,29). The fourth-order valence-electron chi connectivity index (χ4n) is 5.89. The molecule has 0 saturated heterocycles. The van der Waals surface area contributed by atoms with Gasteiger partial charge < -0.3 is 5.11 Å². The zero-order valence-electron chi connectivity index (χ0n) is 18.7. The van der Waals surface area contributed by atoms with Gasteiger partial charge in [-0.05, 0) is 66.3 Å². The molecule has 0 radical (unpaired) electrons. The van der Waals surface area contributed by atoms with Gasteiger partial charge in [0, 0.05) is 6.42 Å². The van der Waals surface area contributed by atoms with Crippen LogP contribution in [0.1, 0.15) is 54.6 Å². The van der Waals surface area contributed by atoms with Crippen LogP contribution in [-0.2, 0) is 27.7 Å². The molecule has 0 aliphatic heterocycles. The third kappa shape index (κ3) is 3.43. The Bertz CT molecular complexity index is 1190.